The standard InChI is InChI=1S/C14H14N4O2/c1-14(7-19-8-14)13-16-12(17-20-13)6-18-9-15-10-4-2-3-5-11(10)18/h2-5,9H,6-8H2,1H3. The van der Waals surface area contributed by atoms with E-state index < -0.39 is 0 Å². The molecule has 1 fully saturated rings. The SMILES string of the molecule is CC1(c2nc(Cn3cnc4ccccc43)no2)COC1. The predicted molar refractivity (Wildman–Crippen MR) is 71.3 cm³/mol. The normalized spacial score (nSPS) is 17.2. The van der Waals surface area contributed by atoms with E-state index >= 15 is 0 Å². The van der Waals surface area contributed by atoms with E-state index in [1.165, 1.54) is 0 Å². The molecule has 0 spiro atoms. The van der Waals surface area contributed by atoms with Crippen molar-refractivity contribution in [3.05, 3.63) is 42.3 Å². The number of aromatic nitrogens is 4. The number of rotatable bonds is 3. The molecule has 1 aliphatic heterocycles. The summed E-state index contributed by atoms with van der Waals surface area (Å²) in [6.45, 7) is 3.91. The Labute approximate surface area is 115 Å². The van der Waals surface area contributed by atoms with E-state index in [1.807, 2.05) is 28.8 Å². The van der Waals surface area contributed by atoms with Crippen LogP contribution in [-0.4, -0.2) is 32.9 Å². The van der Waals surface area contributed by atoms with Gasteiger partial charge in [0.25, 0.3) is 0 Å². The van der Waals surface area contributed by atoms with Gasteiger partial charge in [-0.25, -0.2) is 4.98 Å². The second-order valence-corrected chi connectivity index (χ2v) is 5.43. The molecule has 4 rings (SSSR count). The molecular formula is C14H14N4O2. The number of ether oxygens (including phenoxy) is 1. The number of hydrogen-bond acceptors (Lipinski definition) is 5. The maximum atomic E-state index is 5.36. The molecule has 6 heteroatoms. The fourth-order valence-corrected chi connectivity index (χ4v) is 2.38. The average molecular weight is 270 g/mol. The van der Waals surface area contributed by atoms with Gasteiger partial charge in [0, 0.05) is 0 Å². The third-order valence-electron chi connectivity index (χ3n) is 3.66. The zero-order valence-corrected chi connectivity index (χ0v) is 11.1. The van der Waals surface area contributed by atoms with Gasteiger partial charge in [0.05, 0.1) is 42.5 Å². The summed E-state index contributed by atoms with van der Waals surface area (Å²) >= 11 is 0. The Bertz CT molecular complexity index is 757. The molecule has 0 aliphatic carbocycles. The minimum absolute atomic E-state index is 0.123. The highest BCUT2D eigenvalue weighted by atomic mass is 16.5. The Kier molecular flexibility index (Phi) is 2.40. The molecule has 1 saturated heterocycles. The van der Waals surface area contributed by atoms with Crippen molar-refractivity contribution in [2.75, 3.05) is 13.2 Å². The quantitative estimate of drug-likeness (QED) is 0.725. The molecule has 102 valence electrons. The molecule has 2 aromatic heterocycles. The van der Waals surface area contributed by atoms with E-state index in [9.17, 15) is 0 Å². The van der Waals surface area contributed by atoms with E-state index in [4.69, 9.17) is 9.26 Å². The van der Waals surface area contributed by atoms with Gasteiger partial charge in [-0.2, -0.15) is 4.98 Å². The summed E-state index contributed by atoms with van der Waals surface area (Å²) in [5, 5.41) is 4.06. The Morgan fingerprint density at radius 3 is 2.95 bits per heavy atom. The summed E-state index contributed by atoms with van der Waals surface area (Å²) in [4.78, 5) is 8.83. The summed E-state index contributed by atoms with van der Waals surface area (Å²) in [7, 11) is 0. The van der Waals surface area contributed by atoms with Crippen LogP contribution in [0, 0.1) is 0 Å². The minimum atomic E-state index is -0.123. The van der Waals surface area contributed by atoms with Crippen LogP contribution in [0.2, 0.25) is 0 Å². The Morgan fingerprint density at radius 2 is 2.15 bits per heavy atom. The number of para-hydroxylation sites is 2. The topological polar surface area (TPSA) is 66.0 Å². The van der Waals surface area contributed by atoms with Gasteiger partial charge in [0.1, 0.15) is 0 Å². The molecule has 0 bridgehead atoms. The van der Waals surface area contributed by atoms with Crippen molar-refractivity contribution in [1.82, 2.24) is 19.7 Å². The lowest BCUT2D eigenvalue weighted by atomic mass is 9.89. The molecular weight excluding hydrogens is 256 g/mol. The molecule has 0 radical (unpaired) electrons. The molecule has 20 heavy (non-hydrogen) atoms. The molecule has 3 heterocycles. The van der Waals surface area contributed by atoms with Crippen molar-refractivity contribution in [1.29, 1.82) is 0 Å². The highest BCUT2D eigenvalue weighted by Crippen LogP contribution is 2.30. The molecule has 0 atom stereocenters. The van der Waals surface area contributed by atoms with Gasteiger partial charge in [0.15, 0.2) is 5.82 Å². The molecule has 6 nitrogen and oxygen atoms in total. The lowest BCUT2D eigenvalue weighted by molar-refractivity contribution is -0.0644. The molecule has 3 aromatic rings. The number of imidazole rings is 1. The van der Waals surface area contributed by atoms with E-state index in [0.29, 0.717) is 31.5 Å². The van der Waals surface area contributed by atoms with Crippen molar-refractivity contribution >= 4 is 11.0 Å². The monoisotopic (exact) mass is 270 g/mol. The van der Waals surface area contributed by atoms with Crippen molar-refractivity contribution in [2.24, 2.45) is 0 Å². The zero-order valence-electron chi connectivity index (χ0n) is 11.1. The Morgan fingerprint density at radius 1 is 1.30 bits per heavy atom. The first-order chi connectivity index (χ1) is 9.74. The third-order valence-corrected chi connectivity index (χ3v) is 3.66. The Hall–Kier alpha value is -2.21. The van der Waals surface area contributed by atoms with Gasteiger partial charge in [-0.1, -0.05) is 17.3 Å². The van der Waals surface area contributed by atoms with Gasteiger partial charge in [0.2, 0.25) is 5.89 Å². The van der Waals surface area contributed by atoms with Crippen molar-refractivity contribution in [3.63, 3.8) is 0 Å². The molecule has 1 aromatic carbocycles. The second kappa shape index (κ2) is 4.14. The summed E-state index contributed by atoms with van der Waals surface area (Å²) in [6, 6.07) is 7.99. The smallest absolute Gasteiger partial charge is 0.237 e. The first-order valence-corrected chi connectivity index (χ1v) is 6.55. The summed E-state index contributed by atoms with van der Waals surface area (Å²) in [5.41, 5.74) is 1.91. The molecule has 0 unspecified atom stereocenters. The lowest BCUT2D eigenvalue weighted by Gasteiger charge is -2.33. The molecule has 0 saturated carbocycles. The fraction of sp³-hybridized carbons (Fsp3) is 0.357. The first-order valence-electron chi connectivity index (χ1n) is 6.55. The van der Waals surface area contributed by atoms with Crippen LogP contribution in [-0.2, 0) is 16.7 Å². The third kappa shape index (κ3) is 1.72. The predicted octanol–water partition coefficient (Wildman–Crippen LogP) is 1.76. The van der Waals surface area contributed by atoms with Crippen LogP contribution in [0.4, 0.5) is 0 Å². The van der Waals surface area contributed by atoms with E-state index in [2.05, 4.69) is 22.0 Å². The van der Waals surface area contributed by atoms with Crippen LogP contribution in [0.3, 0.4) is 0 Å². The van der Waals surface area contributed by atoms with Crippen LogP contribution in [0.25, 0.3) is 11.0 Å². The van der Waals surface area contributed by atoms with E-state index in [-0.39, 0.29) is 5.41 Å². The van der Waals surface area contributed by atoms with E-state index in [0.717, 1.165) is 11.0 Å². The first kappa shape index (κ1) is 11.6. The minimum Gasteiger partial charge on any atom is -0.379 e. The number of hydrogen-bond donors (Lipinski definition) is 0. The number of benzene rings is 1. The zero-order chi connectivity index (χ0) is 13.6. The van der Waals surface area contributed by atoms with Crippen LogP contribution in [0.5, 0.6) is 0 Å². The van der Waals surface area contributed by atoms with Crippen LogP contribution in [0.1, 0.15) is 18.6 Å². The van der Waals surface area contributed by atoms with Gasteiger partial charge in [-0.3, -0.25) is 0 Å². The van der Waals surface area contributed by atoms with Crippen LogP contribution >= 0.6 is 0 Å². The number of fused-ring (bicyclic) bond motifs is 1. The second-order valence-electron chi connectivity index (χ2n) is 5.43. The van der Waals surface area contributed by atoms with Gasteiger partial charge < -0.3 is 13.8 Å². The summed E-state index contributed by atoms with van der Waals surface area (Å²) < 4.78 is 12.6. The number of nitrogens with zero attached hydrogens (tertiary/aromatic N) is 4. The largest absolute Gasteiger partial charge is 0.379 e. The summed E-state index contributed by atoms with van der Waals surface area (Å²) in [6.07, 6.45) is 1.80. The fourth-order valence-electron chi connectivity index (χ4n) is 2.38. The Balaban J connectivity index is 1.63. The maximum Gasteiger partial charge on any atom is 0.237 e. The van der Waals surface area contributed by atoms with Crippen molar-refractivity contribution in [3.8, 4) is 0 Å². The summed E-state index contributed by atoms with van der Waals surface area (Å²) in [5.74, 6) is 1.32. The maximum absolute atomic E-state index is 5.36. The van der Waals surface area contributed by atoms with Crippen molar-refractivity contribution in [2.45, 2.75) is 18.9 Å². The highest BCUT2D eigenvalue weighted by molar-refractivity contribution is 5.74. The van der Waals surface area contributed by atoms with Crippen molar-refractivity contribution < 1.29 is 9.26 Å². The average Bonchev–Trinajstić information content (AvgIpc) is 3.05. The highest BCUT2D eigenvalue weighted by Gasteiger charge is 2.40. The van der Waals surface area contributed by atoms with Gasteiger partial charge in [-0.15, -0.1) is 0 Å². The molecule has 1 aliphatic rings. The molecule has 0 N–H and O–H groups in total. The molecule has 0 amide bonds. The van der Waals surface area contributed by atoms with Crippen LogP contribution in [0.15, 0.2) is 35.1 Å². The van der Waals surface area contributed by atoms with E-state index in [1.54, 1.807) is 6.33 Å². The van der Waals surface area contributed by atoms with Crippen LogP contribution < -0.4 is 0 Å². The van der Waals surface area contributed by atoms with Gasteiger partial charge >= 0.3 is 0 Å². The van der Waals surface area contributed by atoms with Gasteiger partial charge in [-0.05, 0) is 19.1 Å². The lowest BCUT2D eigenvalue weighted by Crippen LogP contribution is -2.44.